The lowest BCUT2D eigenvalue weighted by molar-refractivity contribution is 0.0643. The van der Waals surface area contributed by atoms with Crippen molar-refractivity contribution >= 4 is 28.7 Å². The normalized spacial score (nSPS) is 11.0. The van der Waals surface area contributed by atoms with Crippen LogP contribution in [0.2, 0.25) is 0 Å². The van der Waals surface area contributed by atoms with E-state index in [0.717, 1.165) is 12.8 Å². The maximum atomic E-state index is 13.0. The van der Waals surface area contributed by atoms with E-state index in [2.05, 4.69) is 15.8 Å². The minimum Gasteiger partial charge on any atom is -0.494 e. The van der Waals surface area contributed by atoms with Crippen molar-refractivity contribution in [1.82, 2.24) is 15.4 Å². The summed E-state index contributed by atoms with van der Waals surface area (Å²) in [6, 6.07) is 10.4. The third-order valence-corrected chi connectivity index (χ3v) is 5.72. The van der Waals surface area contributed by atoms with Gasteiger partial charge in [-0.3, -0.25) is 10.1 Å². The average Bonchev–Trinajstić information content (AvgIpc) is 3.27. The predicted octanol–water partition coefficient (Wildman–Crippen LogP) is 5.08. The van der Waals surface area contributed by atoms with Crippen LogP contribution in [-0.2, 0) is 0 Å². The Labute approximate surface area is 217 Å². The number of benzene rings is 2. The molecule has 3 amide bonds. The number of methoxy groups -OCH3 is 1. The summed E-state index contributed by atoms with van der Waals surface area (Å²) in [5.41, 5.74) is 1.12. The van der Waals surface area contributed by atoms with E-state index in [4.69, 9.17) is 18.7 Å². The number of ether oxygens (including phenoxy) is 3. The number of amides is 3. The largest absolute Gasteiger partial charge is 0.494 e. The predicted molar refractivity (Wildman–Crippen MR) is 142 cm³/mol. The number of nitrogens with one attached hydrogen (secondary N) is 2. The van der Waals surface area contributed by atoms with Gasteiger partial charge in [0.2, 0.25) is 0 Å². The second kappa shape index (κ2) is 12.8. The summed E-state index contributed by atoms with van der Waals surface area (Å²) in [6.07, 6.45) is 1.53. The van der Waals surface area contributed by atoms with Crippen LogP contribution in [0.4, 0.5) is 10.6 Å². The molecule has 0 unspecified atom stereocenters. The number of hydrogen-bond acceptors (Lipinski definition) is 7. The molecule has 0 saturated heterocycles. The van der Waals surface area contributed by atoms with E-state index in [9.17, 15) is 9.59 Å². The Bertz CT molecular complexity index is 1200. The number of aromatic nitrogens is 1. The molecule has 37 heavy (non-hydrogen) atoms. The van der Waals surface area contributed by atoms with Gasteiger partial charge in [-0.05, 0) is 76.9 Å². The molecule has 200 valence electrons. The molecule has 0 radical (unpaired) electrons. The summed E-state index contributed by atoms with van der Waals surface area (Å²) in [4.78, 5) is 26.4. The Hall–Kier alpha value is -3.95. The third-order valence-electron chi connectivity index (χ3n) is 5.72. The highest BCUT2D eigenvalue weighted by atomic mass is 16.5. The van der Waals surface area contributed by atoms with E-state index in [1.165, 1.54) is 7.05 Å². The van der Waals surface area contributed by atoms with Gasteiger partial charge in [-0.2, -0.15) is 0 Å². The summed E-state index contributed by atoms with van der Waals surface area (Å²) in [5, 5.41) is 9.63. The van der Waals surface area contributed by atoms with Gasteiger partial charge in [0.15, 0.2) is 22.9 Å². The van der Waals surface area contributed by atoms with Crippen molar-refractivity contribution in [3.05, 3.63) is 42.0 Å². The van der Waals surface area contributed by atoms with Crippen molar-refractivity contribution in [2.75, 3.05) is 32.7 Å². The van der Waals surface area contributed by atoms with Gasteiger partial charge in [0.25, 0.3) is 5.91 Å². The van der Waals surface area contributed by atoms with Crippen LogP contribution < -0.4 is 24.8 Å². The summed E-state index contributed by atoms with van der Waals surface area (Å²) in [7, 11) is 3.09. The number of nitrogens with zero attached hydrogens (tertiary/aromatic N) is 2. The molecule has 0 fully saturated rings. The maximum Gasteiger partial charge on any atom is 0.320 e. The Morgan fingerprint density at radius 1 is 0.973 bits per heavy atom. The van der Waals surface area contributed by atoms with Gasteiger partial charge < -0.3 is 29.0 Å². The van der Waals surface area contributed by atoms with Gasteiger partial charge in [-0.15, -0.1) is 0 Å². The third kappa shape index (κ3) is 7.05. The van der Waals surface area contributed by atoms with Crippen LogP contribution in [0.3, 0.4) is 0 Å². The molecule has 2 aromatic carbocycles. The standard InChI is InChI=1S/C27H36N4O6/c1-17(2)31(18(3)4)26(32)19-9-11-23(24(15-19)34-6)36-14-8-7-13-35-20-10-12-22-21(16-20)25(30-37-22)29-27(33)28-5/h9-12,15-18H,7-8,13-14H2,1-6H3,(H2,28,29,30,33). The molecule has 3 aromatic rings. The monoisotopic (exact) mass is 512 g/mol. The zero-order valence-electron chi connectivity index (χ0n) is 22.3. The van der Waals surface area contributed by atoms with E-state index in [1.807, 2.05) is 32.6 Å². The number of carbonyl (C=O) groups excluding carboxylic acids is 2. The van der Waals surface area contributed by atoms with E-state index in [1.54, 1.807) is 43.5 Å². The van der Waals surface area contributed by atoms with Crippen molar-refractivity contribution < 1.29 is 28.3 Å². The highest BCUT2D eigenvalue weighted by molar-refractivity contribution is 5.98. The molecule has 10 heteroatoms. The second-order valence-electron chi connectivity index (χ2n) is 9.06. The molecular formula is C27H36N4O6. The Kier molecular flexibility index (Phi) is 9.59. The minimum absolute atomic E-state index is 0.0343. The summed E-state index contributed by atoms with van der Waals surface area (Å²) >= 11 is 0. The van der Waals surface area contributed by atoms with E-state index >= 15 is 0 Å². The lowest BCUT2D eigenvalue weighted by atomic mass is 10.1. The van der Waals surface area contributed by atoms with Crippen LogP contribution in [0.5, 0.6) is 17.2 Å². The molecule has 0 spiro atoms. The van der Waals surface area contributed by atoms with Crippen LogP contribution >= 0.6 is 0 Å². The number of carbonyl (C=O) groups is 2. The molecule has 0 atom stereocenters. The highest BCUT2D eigenvalue weighted by Gasteiger charge is 2.22. The molecular weight excluding hydrogens is 476 g/mol. The van der Waals surface area contributed by atoms with Crippen molar-refractivity contribution in [2.24, 2.45) is 0 Å². The minimum atomic E-state index is -0.382. The topological polar surface area (TPSA) is 115 Å². The Morgan fingerprint density at radius 2 is 1.68 bits per heavy atom. The van der Waals surface area contributed by atoms with E-state index in [-0.39, 0.29) is 24.0 Å². The molecule has 1 heterocycles. The Morgan fingerprint density at radius 3 is 2.32 bits per heavy atom. The second-order valence-corrected chi connectivity index (χ2v) is 9.06. The van der Waals surface area contributed by atoms with Crippen LogP contribution in [-0.4, -0.2) is 61.4 Å². The fraction of sp³-hybridized carbons (Fsp3) is 0.444. The maximum absolute atomic E-state index is 13.0. The molecule has 0 aliphatic rings. The first kappa shape index (κ1) is 27.6. The number of unbranched alkanes of at least 4 members (excludes halogenated alkanes) is 1. The molecule has 10 nitrogen and oxygen atoms in total. The summed E-state index contributed by atoms with van der Waals surface area (Å²) in [5.74, 6) is 2.06. The lowest BCUT2D eigenvalue weighted by Crippen LogP contribution is -2.42. The fourth-order valence-electron chi connectivity index (χ4n) is 3.98. The molecule has 3 rings (SSSR count). The van der Waals surface area contributed by atoms with Gasteiger partial charge in [0.1, 0.15) is 5.75 Å². The molecule has 2 N–H and O–H groups in total. The number of fused-ring (bicyclic) bond motifs is 1. The zero-order chi connectivity index (χ0) is 26.9. The van der Waals surface area contributed by atoms with Gasteiger partial charge in [0.05, 0.1) is 25.7 Å². The average molecular weight is 513 g/mol. The van der Waals surface area contributed by atoms with Gasteiger partial charge in [0, 0.05) is 24.7 Å². The highest BCUT2D eigenvalue weighted by Crippen LogP contribution is 2.30. The molecule has 0 bridgehead atoms. The molecule has 0 aliphatic carbocycles. The van der Waals surface area contributed by atoms with Crippen molar-refractivity contribution in [3.8, 4) is 17.2 Å². The number of anilines is 1. The van der Waals surface area contributed by atoms with Crippen LogP contribution in [0.25, 0.3) is 11.0 Å². The number of urea groups is 1. The smallest absolute Gasteiger partial charge is 0.320 e. The van der Waals surface area contributed by atoms with Gasteiger partial charge in [-0.1, -0.05) is 5.16 Å². The van der Waals surface area contributed by atoms with Gasteiger partial charge >= 0.3 is 6.03 Å². The van der Waals surface area contributed by atoms with Crippen LogP contribution in [0, 0.1) is 0 Å². The first-order valence-corrected chi connectivity index (χ1v) is 12.4. The van der Waals surface area contributed by atoms with Crippen molar-refractivity contribution in [3.63, 3.8) is 0 Å². The molecule has 0 saturated carbocycles. The zero-order valence-corrected chi connectivity index (χ0v) is 22.3. The molecule has 1 aromatic heterocycles. The van der Waals surface area contributed by atoms with Crippen molar-refractivity contribution in [2.45, 2.75) is 52.6 Å². The van der Waals surface area contributed by atoms with Crippen LogP contribution in [0.15, 0.2) is 40.9 Å². The SMILES string of the molecule is CNC(=O)Nc1noc2ccc(OCCCCOc3ccc(C(=O)N(C(C)C)C(C)C)cc3OC)cc12. The summed E-state index contributed by atoms with van der Waals surface area (Å²) in [6.45, 7) is 8.98. The first-order chi connectivity index (χ1) is 17.7. The van der Waals surface area contributed by atoms with E-state index < -0.39 is 0 Å². The van der Waals surface area contributed by atoms with Crippen molar-refractivity contribution in [1.29, 1.82) is 0 Å². The number of rotatable bonds is 12. The quantitative estimate of drug-likeness (QED) is 0.325. The summed E-state index contributed by atoms with van der Waals surface area (Å²) < 4.78 is 22.5. The number of hydrogen-bond donors (Lipinski definition) is 2. The first-order valence-electron chi connectivity index (χ1n) is 12.4. The van der Waals surface area contributed by atoms with Gasteiger partial charge in [-0.25, -0.2) is 4.79 Å². The molecule has 0 aliphatic heterocycles. The van der Waals surface area contributed by atoms with E-state index in [0.29, 0.717) is 52.8 Å². The van der Waals surface area contributed by atoms with Crippen LogP contribution in [0.1, 0.15) is 50.9 Å². The fourth-order valence-corrected chi connectivity index (χ4v) is 3.98. The lowest BCUT2D eigenvalue weighted by Gasteiger charge is -2.31. The Balaban J connectivity index is 1.50.